The molecule has 1 rings (SSSR count). The summed E-state index contributed by atoms with van der Waals surface area (Å²) in [5.74, 6) is -4.08. The third-order valence-corrected chi connectivity index (χ3v) is 2.44. The molecule has 0 aliphatic rings. The minimum absolute atomic E-state index is 0.0226. The van der Waals surface area contributed by atoms with Crippen molar-refractivity contribution in [2.24, 2.45) is 0 Å². The first-order valence-corrected chi connectivity index (χ1v) is 6.01. The molecule has 0 aromatic heterocycles. The zero-order valence-corrected chi connectivity index (χ0v) is 10.9. The molecule has 1 atom stereocenters. The maximum Gasteiger partial charge on any atom is 0.326 e. The van der Waals surface area contributed by atoms with Crippen LogP contribution in [0.1, 0.15) is 12.8 Å². The Morgan fingerprint density at radius 3 is 2.48 bits per heavy atom. The first-order valence-electron chi connectivity index (χ1n) is 6.01. The Kier molecular flexibility index (Phi) is 6.12. The Labute approximate surface area is 119 Å². The lowest BCUT2D eigenvalue weighted by atomic mass is 10.2. The lowest BCUT2D eigenvalue weighted by Crippen LogP contribution is -2.42. The molecule has 3 N–H and O–H groups in total. The van der Waals surface area contributed by atoms with Crippen molar-refractivity contribution in [2.45, 2.75) is 18.9 Å². The van der Waals surface area contributed by atoms with E-state index < -0.39 is 36.1 Å². The summed E-state index contributed by atoms with van der Waals surface area (Å²) in [7, 11) is 0. The van der Waals surface area contributed by atoms with E-state index in [1.54, 1.807) is 6.07 Å². The minimum Gasteiger partial charge on any atom is -0.490 e. The van der Waals surface area contributed by atoms with E-state index in [0.29, 0.717) is 0 Å². The van der Waals surface area contributed by atoms with Crippen molar-refractivity contribution in [3.05, 3.63) is 30.1 Å². The van der Waals surface area contributed by atoms with Gasteiger partial charge in [0.2, 0.25) is 5.91 Å². The van der Waals surface area contributed by atoms with Gasteiger partial charge in [0.05, 0.1) is 19.4 Å². The lowest BCUT2D eigenvalue weighted by molar-refractivity contribution is -0.147. The highest BCUT2D eigenvalue weighted by molar-refractivity contribution is 5.86. The van der Waals surface area contributed by atoms with Crippen molar-refractivity contribution in [3.8, 4) is 5.75 Å². The van der Waals surface area contributed by atoms with Gasteiger partial charge in [0.25, 0.3) is 0 Å². The fraction of sp³-hybridized carbons (Fsp3) is 0.308. The molecule has 0 aliphatic carbocycles. The fourth-order valence-corrected chi connectivity index (χ4v) is 1.46. The Hall–Kier alpha value is -2.64. The summed E-state index contributed by atoms with van der Waals surface area (Å²) in [6, 6.07) is 4.12. The maximum atomic E-state index is 13.2. The van der Waals surface area contributed by atoms with E-state index in [9.17, 15) is 18.8 Å². The molecule has 1 amide bonds. The highest BCUT2D eigenvalue weighted by Crippen LogP contribution is 2.15. The Balaban J connectivity index is 2.41. The van der Waals surface area contributed by atoms with Crippen molar-refractivity contribution >= 4 is 17.8 Å². The van der Waals surface area contributed by atoms with E-state index in [4.69, 9.17) is 14.9 Å². The summed E-state index contributed by atoms with van der Waals surface area (Å²) in [5.41, 5.74) is 0. The molecule has 21 heavy (non-hydrogen) atoms. The number of carbonyl (C=O) groups is 3. The van der Waals surface area contributed by atoms with Gasteiger partial charge in [0, 0.05) is 0 Å². The lowest BCUT2D eigenvalue weighted by Gasteiger charge is -2.12. The summed E-state index contributed by atoms with van der Waals surface area (Å²) in [4.78, 5) is 32.7. The molecular weight excluding hydrogens is 285 g/mol. The van der Waals surface area contributed by atoms with Gasteiger partial charge in [-0.05, 0) is 12.1 Å². The van der Waals surface area contributed by atoms with Gasteiger partial charge in [-0.1, -0.05) is 12.1 Å². The predicted octanol–water partition coefficient (Wildman–Crippen LogP) is 0.639. The van der Waals surface area contributed by atoms with Crippen molar-refractivity contribution in [3.63, 3.8) is 0 Å². The molecule has 0 unspecified atom stereocenters. The number of carbonyl (C=O) groups excluding carboxylic acids is 1. The van der Waals surface area contributed by atoms with Crippen LogP contribution in [-0.2, 0) is 14.4 Å². The average Bonchev–Trinajstić information content (AvgIpc) is 2.39. The fourth-order valence-electron chi connectivity index (χ4n) is 1.46. The topological polar surface area (TPSA) is 113 Å². The molecule has 0 radical (unpaired) electrons. The SMILES string of the molecule is O=C(O)C[C@@H](NC(=O)CCOc1ccccc1F)C(=O)O. The molecule has 1 aromatic carbocycles. The van der Waals surface area contributed by atoms with Crippen LogP contribution in [-0.4, -0.2) is 40.7 Å². The van der Waals surface area contributed by atoms with E-state index in [2.05, 4.69) is 5.32 Å². The molecule has 7 nitrogen and oxygen atoms in total. The van der Waals surface area contributed by atoms with E-state index in [1.165, 1.54) is 18.2 Å². The van der Waals surface area contributed by atoms with Crippen LogP contribution in [0.2, 0.25) is 0 Å². The number of hydrogen-bond donors (Lipinski definition) is 3. The van der Waals surface area contributed by atoms with Gasteiger partial charge >= 0.3 is 11.9 Å². The molecule has 0 spiro atoms. The summed E-state index contributed by atoms with van der Waals surface area (Å²) in [5, 5.41) is 19.3. The molecule has 0 heterocycles. The normalized spacial score (nSPS) is 11.5. The molecule has 0 saturated heterocycles. The van der Waals surface area contributed by atoms with Gasteiger partial charge in [-0.25, -0.2) is 9.18 Å². The maximum absolute atomic E-state index is 13.2. The highest BCUT2D eigenvalue weighted by Gasteiger charge is 2.22. The number of benzene rings is 1. The average molecular weight is 299 g/mol. The number of ether oxygens (including phenoxy) is 1. The molecule has 1 aromatic rings. The molecular formula is C13H14FNO6. The molecule has 0 aliphatic heterocycles. The first kappa shape index (κ1) is 16.4. The van der Waals surface area contributed by atoms with E-state index in [-0.39, 0.29) is 18.8 Å². The zero-order valence-electron chi connectivity index (χ0n) is 10.9. The van der Waals surface area contributed by atoms with E-state index >= 15 is 0 Å². The number of carboxylic acid groups (broad SMARTS) is 2. The van der Waals surface area contributed by atoms with Gasteiger partial charge in [-0.3, -0.25) is 9.59 Å². The van der Waals surface area contributed by atoms with Crippen LogP contribution in [0.15, 0.2) is 24.3 Å². The Morgan fingerprint density at radius 1 is 1.24 bits per heavy atom. The van der Waals surface area contributed by atoms with Gasteiger partial charge in [0.15, 0.2) is 11.6 Å². The summed E-state index contributed by atoms with van der Waals surface area (Å²) >= 11 is 0. The molecule has 8 heteroatoms. The monoisotopic (exact) mass is 299 g/mol. The van der Waals surface area contributed by atoms with Gasteiger partial charge in [-0.15, -0.1) is 0 Å². The Morgan fingerprint density at radius 2 is 1.90 bits per heavy atom. The smallest absolute Gasteiger partial charge is 0.326 e. The number of aliphatic carboxylic acids is 2. The van der Waals surface area contributed by atoms with Crippen molar-refractivity contribution in [2.75, 3.05) is 6.61 Å². The molecule has 0 fully saturated rings. The summed E-state index contributed by atoms with van der Waals surface area (Å²) in [6.45, 7) is -0.161. The van der Waals surface area contributed by atoms with Crippen LogP contribution in [0, 0.1) is 5.82 Å². The van der Waals surface area contributed by atoms with Gasteiger partial charge in [-0.2, -0.15) is 0 Å². The second-order valence-corrected chi connectivity index (χ2v) is 4.09. The highest BCUT2D eigenvalue weighted by atomic mass is 19.1. The summed E-state index contributed by atoms with van der Waals surface area (Å²) < 4.78 is 18.2. The van der Waals surface area contributed by atoms with Crippen LogP contribution >= 0.6 is 0 Å². The van der Waals surface area contributed by atoms with Crippen LogP contribution in [0.4, 0.5) is 4.39 Å². The molecule has 0 saturated carbocycles. The van der Waals surface area contributed by atoms with Crippen molar-refractivity contribution < 1.29 is 33.7 Å². The van der Waals surface area contributed by atoms with Crippen molar-refractivity contribution in [1.82, 2.24) is 5.32 Å². The van der Waals surface area contributed by atoms with Crippen LogP contribution in [0.5, 0.6) is 5.75 Å². The molecule has 0 bridgehead atoms. The van der Waals surface area contributed by atoms with E-state index in [0.717, 1.165) is 0 Å². The number of nitrogens with one attached hydrogen (secondary N) is 1. The van der Waals surface area contributed by atoms with Gasteiger partial charge < -0.3 is 20.3 Å². The van der Waals surface area contributed by atoms with Crippen LogP contribution in [0.3, 0.4) is 0 Å². The Bertz CT molecular complexity index is 533. The number of amides is 1. The number of rotatable bonds is 8. The number of carboxylic acids is 2. The number of halogens is 1. The third kappa shape index (κ3) is 5.89. The number of para-hydroxylation sites is 1. The second-order valence-electron chi connectivity index (χ2n) is 4.09. The van der Waals surface area contributed by atoms with Crippen LogP contribution < -0.4 is 10.1 Å². The second kappa shape index (κ2) is 7.83. The summed E-state index contributed by atoms with van der Waals surface area (Å²) in [6.07, 6.45) is -0.951. The van der Waals surface area contributed by atoms with Crippen molar-refractivity contribution in [1.29, 1.82) is 0 Å². The largest absolute Gasteiger partial charge is 0.490 e. The van der Waals surface area contributed by atoms with Gasteiger partial charge in [0.1, 0.15) is 6.04 Å². The first-order chi connectivity index (χ1) is 9.90. The number of hydrogen-bond acceptors (Lipinski definition) is 4. The molecule has 114 valence electrons. The quantitative estimate of drug-likeness (QED) is 0.649. The third-order valence-electron chi connectivity index (χ3n) is 2.44. The van der Waals surface area contributed by atoms with Crippen LogP contribution in [0.25, 0.3) is 0 Å². The minimum atomic E-state index is -1.51. The predicted molar refractivity (Wildman–Crippen MR) is 68.3 cm³/mol. The van der Waals surface area contributed by atoms with E-state index in [1.807, 2.05) is 0 Å². The standard InChI is InChI=1S/C13H14FNO6/c14-8-3-1-2-4-10(8)21-6-5-11(16)15-9(13(19)20)7-12(17)18/h1-4,9H,5-7H2,(H,15,16)(H,17,18)(H,19,20)/t9-/m1/s1. The zero-order chi connectivity index (χ0) is 15.8.